The van der Waals surface area contributed by atoms with Crippen LogP contribution in [0.2, 0.25) is 0 Å². The summed E-state index contributed by atoms with van der Waals surface area (Å²) in [4.78, 5) is 28.4. The zero-order chi connectivity index (χ0) is 22.5. The lowest BCUT2D eigenvalue weighted by Crippen LogP contribution is -2.44. The molecule has 1 saturated carbocycles. The molecular formula is C24H29N3O4S. The molecule has 0 unspecified atom stereocenters. The van der Waals surface area contributed by atoms with E-state index in [1.165, 1.54) is 16.0 Å². The first-order chi connectivity index (χ1) is 15.2. The van der Waals surface area contributed by atoms with Gasteiger partial charge in [-0.3, -0.25) is 4.79 Å². The molecule has 2 aromatic rings. The zero-order valence-electron chi connectivity index (χ0n) is 18.8. The molecule has 8 heteroatoms. The number of hydrogen-bond donors (Lipinski definition) is 1. The lowest BCUT2D eigenvalue weighted by Gasteiger charge is -2.27. The Morgan fingerprint density at radius 3 is 2.50 bits per heavy atom. The van der Waals surface area contributed by atoms with Crippen LogP contribution in [0.3, 0.4) is 0 Å². The number of fused-ring (bicyclic) bond motifs is 1. The van der Waals surface area contributed by atoms with Crippen molar-refractivity contribution in [1.82, 2.24) is 14.5 Å². The van der Waals surface area contributed by atoms with Crippen LogP contribution in [0.4, 0.5) is 4.79 Å². The second-order valence-corrected chi connectivity index (χ2v) is 11.2. The third kappa shape index (κ3) is 4.38. The summed E-state index contributed by atoms with van der Waals surface area (Å²) in [5.74, 6) is 0.160. The van der Waals surface area contributed by atoms with E-state index in [1.54, 1.807) is 18.2 Å². The molecule has 3 aliphatic rings. The molecule has 1 N–H and O–H groups in total. The molecule has 2 amide bonds. The van der Waals surface area contributed by atoms with Gasteiger partial charge >= 0.3 is 6.09 Å². The molecule has 3 heterocycles. The number of hydrogen-bond acceptors (Lipinski definition) is 6. The molecular weight excluding hydrogens is 426 g/mol. The lowest BCUT2D eigenvalue weighted by atomic mass is 10.1. The Kier molecular flexibility index (Phi) is 5.25. The highest BCUT2D eigenvalue weighted by atomic mass is 32.2. The predicted molar refractivity (Wildman–Crippen MR) is 123 cm³/mol. The fourth-order valence-corrected chi connectivity index (χ4v) is 5.46. The maximum atomic E-state index is 13.2. The molecule has 0 radical (unpaired) electrons. The molecule has 0 spiro atoms. The molecule has 0 bridgehead atoms. The van der Waals surface area contributed by atoms with Crippen molar-refractivity contribution in [1.29, 1.82) is 0 Å². The first kappa shape index (κ1) is 21.4. The Labute approximate surface area is 192 Å². The number of benzene rings is 1. The highest BCUT2D eigenvalue weighted by molar-refractivity contribution is 7.97. The topological polar surface area (TPSA) is 75.0 Å². The van der Waals surface area contributed by atoms with Gasteiger partial charge in [0.05, 0.1) is 11.7 Å². The molecule has 0 atom stereocenters. The smallest absolute Gasteiger partial charge is 0.407 e. The summed E-state index contributed by atoms with van der Waals surface area (Å²) in [6.07, 6.45) is 2.90. The molecule has 170 valence electrons. The zero-order valence-corrected chi connectivity index (χ0v) is 19.6. The van der Waals surface area contributed by atoms with Gasteiger partial charge in [-0.05, 0) is 81.0 Å². The van der Waals surface area contributed by atoms with Crippen molar-refractivity contribution in [2.45, 2.75) is 44.1 Å². The van der Waals surface area contributed by atoms with E-state index in [0.717, 1.165) is 36.9 Å². The minimum Gasteiger partial charge on any atom is -0.464 e. The van der Waals surface area contributed by atoms with E-state index in [0.29, 0.717) is 19.6 Å². The van der Waals surface area contributed by atoms with Crippen LogP contribution in [-0.2, 0) is 9.53 Å². The minimum atomic E-state index is -0.543. The number of furan rings is 1. The molecule has 5 rings (SSSR count). The average Bonchev–Trinajstić information content (AvgIpc) is 3.01. The second kappa shape index (κ2) is 7.85. The highest BCUT2D eigenvalue weighted by Gasteiger charge is 2.53. The van der Waals surface area contributed by atoms with Crippen LogP contribution in [0.25, 0.3) is 11.0 Å². The van der Waals surface area contributed by atoms with E-state index < -0.39 is 17.1 Å². The summed E-state index contributed by atoms with van der Waals surface area (Å²) in [6, 6.07) is 8.23. The largest absolute Gasteiger partial charge is 0.464 e. The van der Waals surface area contributed by atoms with Gasteiger partial charge in [-0.2, -0.15) is 0 Å². The van der Waals surface area contributed by atoms with Crippen molar-refractivity contribution in [2.24, 2.45) is 5.41 Å². The van der Waals surface area contributed by atoms with Crippen molar-refractivity contribution in [3.63, 3.8) is 0 Å². The van der Waals surface area contributed by atoms with E-state index >= 15 is 0 Å². The monoisotopic (exact) mass is 455 g/mol. The third-order valence-electron chi connectivity index (χ3n) is 6.22. The maximum Gasteiger partial charge on any atom is 0.407 e. The molecule has 1 aliphatic carbocycles. The second-order valence-electron chi connectivity index (χ2n) is 10.0. The van der Waals surface area contributed by atoms with Crippen LogP contribution < -0.4 is 5.32 Å². The van der Waals surface area contributed by atoms with Gasteiger partial charge in [-0.1, -0.05) is 0 Å². The fraction of sp³-hybridized carbons (Fsp3) is 0.500. The number of nitrogens with one attached hydrogen (secondary N) is 1. The van der Waals surface area contributed by atoms with Crippen LogP contribution in [0.5, 0.6) is 0 Å². The average molecular weight is 456 g/mol. The number of alkyl carbamates (subject to hydrolysis) is 1. The highest BCUT2D eigenvalue weighted by Crippen LogP contribution is 2.48. The summed E-state index contributed by atoms with van der Waals surface area (Å²) in [5.41, 5.74) is 2.61. The van der Waals surface area contributed by atoms with Gasteiger partial charge in [0.1, 0.15) is 11.2 Å². The number of carbonyl (C=O) groups excluding carboxylic acids is 2. The van der Waals surface area contributed by atoms with Gasteiger partial charge in [-0.15, -0.1) is 0 Å². The summed E-state index contributed by atoms with van der Waals surface area (Å²) >= 11 is 1.75. The van der Waals surface area contributed by atoms with Crippen molar-refractivity contribution >= 4 is 34.9 Å². The van der Waals surface area contributed by atoms with Crippen molar-refractivity contribution < 1.29 is 18.7 Å². The fourth-order valence-electron chi connectivity index (χ4n) is 4.41. The maximum absolute atomic E-state index is 13.2. The summed E-state index contributed by atoms with van der Waals surface area (Å²) in [7, 11) is 0. The van der Waals surface area contributed by atoms with Crippen molar-refractivity contribution in [3.05, 3.63) is 41.7 Å². The van der Waals surface area contributed by atoms with Gasteiger partial charge < -0.3 is 19.4 Å². The van der Waals surface area contributed by atoms with E-state index in [9.17, 15) is 9.59 Å². The normalized spacial score (nSPS) is 20.0. The molecule has 0 saturated heterocycles. The Balaban J connectivity index is 1.12. The number of carbonyl (C=O) groups is 2. The third-order valence-corrected chi connectivity index (χ3v) is 7.20. The van der Waals surface area contributed by atoms with Crippen molar-refractivity contribution in [3.8, 4) is 0 Å². The van der Waals surface area contributed by atoms with Gasteiger partial charge in [-0.25, -0.2) is 9.10 Å². The van der Waals surface area contributed by atoms with Crippen LogP contribution in [0, 0.1) is 5.41 Å². The van der Waals surface area contributed by atoms with Gasteiger partial charge in [0, 0.05) is 43.0 Å². The number of nitrogens with zero attached hydrogens (tertiary/aromatic N) is 2. The Morgan fingerprint density at radius 2 is 1.84 bits per heavy atom. The number of rotatable bonds is 5. The van der Waals surface area contributed by atoms with Crippen LogP contribution >= 0.6 is 11.9 Å². The molecule has 7 nitrogen and oxygen atoms in total. The van der Waals surface area contributed by atoms with Crippen LogP contribution in [0.1, 0.15) is 33.6 Å². The van der Waals surface area contributed by atoms with E-state index in [4.69, 9.17) is 9.15 Å². The van der Waals surface area contributed by atoms with Gasteiger partial charge in [0.15, 0.2) is 0 Å². The van der Waals surface area contributed by atoms with Crippen LogP contribution in [0.15, 0.2) is 51.0 Å². The summed E-state index contributed by atoms with van der Waals surface area (Å²) < 4.78 is 13.1. The standard InChI is InChI=1S/C24H29N3O4S/c1-23(2,3)31-22(29)25-15-24(7-8-24)21(28)26-11-17-13-27(14-18(17)12-26)32-19-4-5-20-16(10-19)6-9-30-20/h4-6,9-10H,7-8,11-15H2,1-3H3,(H,25,29). The van der Waals surface area contributed by atoms with Crippen molar-refractivity contribution in [2.75, 3.05) is 32.7 Å². The molecule has 32 heavy (non-hydrogen) atoms. The molecule has 1 aromatic heterocycles. The lowest BCUT2D eigenvalue weighted by molar-refractivity contribution is -0.135. The number of ether oxygens (including phenoxy) is 1. The molecule has 2 aliphatic heterocycles. The first-order valence-electron chi connectivity index (χ1n) is 11.1. The molecule has 1 aromatic carbocycles. The summed E-state index contributed by atoms with van der Waals surface area (Å²) in [6.45, 7) is 8.98. The Morgan fingerprint density at radius 1 is 1.12 bits per heavy atom. The van der Waals surface area contributed by atoms with Crippen LogP contribution in [-0.4, -0.2) is 59.5 Å². The predicted octanol–water partition coefficient (Wildman–Crippen LogP) is 4.20. The van der Waals surface area contributed by atoms with E-state index in [2.05, 4.69) is 21.8 Å². The van der Waals surface area contributed by atoms with E-state index in [-0.39, 0.29) is 5.91 Å². The Hall–Kier alpha value is -2.45. The van der Waals surface area contributed by atoms with Gasteiger partial charge in [0.25, 0.3) is 0 Å². The van der Waals surface area contributed by atoms with E-state index in [1.807, 2.05) is 37.8 Å². The minimum absolute atomic E-state index is 0.160. The molecule has 1 fully saturated rings. The summed E-state index contributed by atoms with van der Waals surface area (Å²) in [5, 5.41) is 3.91. The first-order valence-corrected chi connectivity index (χ1v) is 11.8. The SMILES string of the molecule is CC(C)(C)OC(=O)NCC1(C(=O)N2CC3=C(CN(Sc4ccc5occc5c4)C3)C2)CC1. The number of amides is 2. The van der Waals surface area contributed by atoms with Gasteiger partial charge in [0.2, 0.25) is 5.91 Å². The Bertz CT molecular complexity index is 1080. The quantitative estimate of drug-likeness (QED) is 0.538.